The van der Waals surface area contributed by atoms with Gasteiger partial charge in [0.05, 0.1) is 19.3 Å². The van der Waals surface area contributed by atoms with E-state index in [2.05, 4.69) is 31.0 Å². The van der Waals surface area contributed by atoms with Crippen LogP contribution >= 0.6 is 0 Å². The number of nitrogens with zero attached hydrogens (tertiary/aromatic N) is 1. The number of rotatable bonds is 8. The van der Waals surface area contributed by atoms with Crippen molar-refractivity contribution in [2.24, 2.45) is 5.41 Å². The number of hydrogen-bond donors (Lipinski definition) is 1. The lowest BCUT2D eigenvalue weighted by atomic mass is 9.91. The van der Waals surface area contributed by atoms with E-state index < -0.39 is 0 Å². The van der Waals surface area contributed by atoms with Gasteiger partial charge in [0.25, 0.3) is 0 Å². The zero-order valence-electron chi connectivity index (χ0n) is 14.1. The number of hydrogen-bond acceptors (Lipinski definition) is 4. The lowest BCUT2D eigenvalue weighted by Crippen LogP contribution is -2.48. The van der Waals surface area contributed by atoms with E-state index in [1.807, 2.05) is 0 Å². The van der Waals surface area contributed by atoms with Gasteiger partial charge < -0.3 is 14.8 Å². The highest BCUT2D eigenvalue weighted by atomic mass is 16.5. The summed E-state index contributed by atoms with van der Waals surface area (Å²) in [6.07, 6.45) is 2.42. The minimum atomic E-state index is -0.00194. The first-order valence-corrected chi connectivity index (χ1v) is 8.03. The van der Waals surface area contributed by atoms with Gasteiger partial charge in [-0.1, -0.05) is 20.8 Å². The second kappa shape index (κ2) is 9.38. The molecule has 1 saturated heterocycles. The van der Waals surface area contributed by atoms with Crippen LogP contribution in [-0.2, 0) is 14.3 Å². The lowest BCUT2D eigenvalue weighted by Gasteiger charge is -2.32. The Morgan fingerprint density at radius 2 is 2.14 bits per heavy atom. The molecule has 0 aromatic carbocycles. The summed E-state index contributed by atoms with van der Waals surface area (Å²) in [5, 5.41) is 2.81. The highest BCUT2D eigenvalue weighted by Gasteiger charge is 2.20. The molecule has 1 rings (SSSR count). The molecular formula is C16H32N2O3. The van der Waals surface area contributed by atoms with E-state index in [0.717, 1.165) is 45.9 Å². The Kier molecular flexibility index (Phi) is 8.22. The van der Waals surface area contributed by atoms with Crippen molar-refractivity contribution >= 4 is 5.91 Å². The van der Waals surface area contributed by atoms with Crippen LogP contribution in [0.3, 0.4) is 0 Å². The van der Waals surface area contributed by atoms with Crippen molar-refractivity contribution in [3.05, 3.63) is 0 Å². The van der Waals surface area contributed by atoms with E-state index in [1.165, 1.54) is 13.3 Å². The first-order chi connectivity index (χ1) is 9.87. The topological polar surface area (TPSA) is 50.8 Å². The maximum atomic E-state index is 10.9. The molecule has 1 aliphatic rings. The van der Waals surface area contributed by atoms with Crippen LogP contribution in [0.4, 0.5) is 0 Å². The number of nitrogens with one attached hydrogen (secondary N) is 1. The molecule has 0 aliphatic carbocycles. The Balaban J connectivity index is 2.05. The number of carbonyl (C=O) groups excluding carboxylic acids is 1. The summed E-state index contributed by atoms with van der Waals surface area (Å²) in [7, 11) is 0. The number of morpholine rings is 1. The Hall–Kier alpha value is -0.650. The second-order valence-corrected chi connectivity index (χ2v) is 7.01. The van der Waals surface area contributed by atoms with E-state index >= 15 is 0 Å². The van der Waals surface area contributed by atoms with Crippen LogP contribution in [0.5, 0.6) is 0 Å². The van der Waals surface area contributed by atoms with Crippen LogP contribution in [0.2, 0.25) is 0 Å². The van der Waals surface area contributed by atoms with Gasteiger partial charge in [0.1, 0.15) is 0 Å². The van der Waals surface area contributed by atoms with Crippen molar-refractivity contribution in [2.75, 3.05) is 46.0 Å². The minimum absolute atomic E-state index is 0.00194. The normalized spacial score (nSPS) is 20.5. The van der Waals surface area contributed by atoms with Crippen LogP contribution in [0.25, 0.3) is 0 Å². The predicted octanol–water partition coefficient (Wildman–Crippen LogP) is 1.67. The quantitative estimate of drug-likeness (QED) is 0.693. The fourth-order valence-electron chi connectivity index (χ4n) is 2.36. The molecule has 1 fully saturated rings. The summed E-state index contributed by atoms with van der Waals surface area (Å²) in [6, 6.07) is 0. The van der Waals surface area contributed by atoms with Crippen molar-refractivity contribution < 1.29 is 14.3 Å². The zero-order chi connectivity index (χ0) is 15.7. The summed E-state index contributed by atoms with van der Waals surface area (Å²) in [5.74, 6) is -0.00194. The van der Waals surface area contributed by atoms with E-state index in [0.29, 0.717) is 12.0 Å². The number of amides is 1. The molecule has 0 aromatic heterocycles. The van der Waals surface area contributed by atoms with Crippen molar-refractivity contribution in [3.63, 3.8) is 0 Å². The van der Waals surface area contributed by atoms with Gasteiger partial charge in [-0.05, 0) is 18.3 Å². The van der Waals surface area contributed by atoms with Crippen molar-refractivity contribution in [3.8, 4) is 0 Å². The maximum Gasteiger partial charge on any atom is 0.216 e. The van der Waals surface area contributed by atoms with Gasteiger partial charge in [-0.15, -0.1) is 0 Å². The van der Waals surface area contributed by atoms with Gasteiger partial charge >= 0.3 is 0 Å². The molecule has 5 heteroatoms. The molecule has 0 bridgehead atoms. The molecule has 21 heavy (non-hydrogen) atoms. The first-order valence-electron chi connectivity index (χ1n) is 8.03. The van der Waals surface area contributed by atoms with Crippen LogP contribution < -0.4 is 5.32 Å². The van der Waals surface area contributed by atoms with Gasteiger partial charge in [-0.2, -0.15) is 0 Å². The smallest absolute Gasteiger partial charge is 0.216 e. The summed E-state index contributed by atoms with van der Waals surface area (Å²) in [6.45, 7) is 14.0. The van der Waals surface area contributed by atoms with Crippen LogP contribution in [0.1, 0.15) is 40.5 Å². The molecule has 0 spiro atoms. The average Bonchev–Trinajstić information content (AvgIpc) is 2.40. The monoisotopic (exact) mass is 300 g/mol. The number of carbonyl (C=O) groups is 1. The molecule has 0 saturated carbocycles. The molecule has 1 N–H and O–H groups in total. The van der Waals surface area contributed by atoms with Gasteiger partial charge in [-0.25, -0.2) is 0 Å². The van der Waals surface area contributed by atoms with E-state index in [-0.39, 0.29) is 12.0 Å². The molecule has 1 amide bonds. The Labute approximate surface area is 129 Å². The fraction of sp³-hybridized carbons (Fsp3) is 0.938. The summed E-state index contributed by atoms with van der Waals surface area (Å²) in [5.41, 5.74) is 0.393. The highest BCUT2D eigenvalue weighted by Crippen LogP contribution is 2.20. The molecule has 0 aromatic rings. The minimum Gasteiger partial charge on any atom is -0.380 e. The van der Waals surface area contributed by atoms with E-state index in [4.69, 9.17) is 9.47 Å². The molecule has 0 radical (unpaired) electrons. The van der Waals surface area contributed by atoms with Crippen molar-refractivity contribution in [1.82, 2.24) is 10.2 Å². The SMILES string of the molecule is CC(=O)NC[C@@H]1CN(CCOCCCC(C)(C)C)CCO1. The Morgan fingerprint density at radius 3 is 2.81 bits per heavy atom. The zero-order valence-corrected chi connectivity index (χ0v) is 14.1. The maximum absolute atomic E-state index is 10.9. The molecule has 1 atom stereocenters. The molecule has 0 unspecified atom stereocenters. The predicted molar refractivity (Wildman–Crippen MR) is 84.4 cm³/mol. The largest absolute Gasteiger partial charge is 0.380 e. The average molecular weight is 300 g/mol. The molecule has 5 nitrogen and oxygen atoms in total. The van der Waals surface area contributed by atoms with Crippen molar-refractivity contribution in [2.45, 2.75) is 46.6 Å². The van der Waals surface area contributed by atoms with Gasteiger partial charge in [0, 0.05) is 39.7 Å². The second-order valence-electron chi connectivity index (χ2n) is 7.01. The van der Waals surface area contributed by atoms with Crippen LogP contribution in [0.15, 0.2) is 0 Å². The Bertz CT molecular complexity index is 302. The van der Waals surface area contributed by atoms with E-state index in [1.54, 1.807) is 0 Å². The third-order valence-corrected chi connectivity index (χ3v) is 3.57. The van der Waals surface area contributed by atoms with E-state index in [9.17, 15) is 4.79 Å². The van der Waals surface area contributed by atoms with Gasteiger partial charge in [-0.3, -0.25) is 9.69 Å². The molecule has 124 valence electrons. The molecule has 1 heterocycles. The summed E-state index contributed by atoms with van der Waals surface area (Å²) in [4.78, 5) is 13.3. The third kappa shape index (κ3) is 9.82. The molecule has 1 aliphatic heterocycles. The van der Waals surface area contributed by atoms with Gasteiger partial charge in [0.15, 0.2) is 0 Å². The molecular weight excluding hydrogens is 268 g/mol. The highest BCUT2D eigenvalue weighted by molar-refractivity contribution is 5.72. The fourth-order valence-corrected chi connectivity index (χ4v) is 2.36. The summed E-state index contributed by atoms with van der Waals surface area (Å²) >= 11 is 0. The summed E-state index contributed by atoms with van der Waals surface area (Å²) < 4.78 is 11.4. The van der Waals surface area contributed by atoms with Gasteiger partial charge in [0.2, 0.25) is 5.91 Å². The third-order valence-electron chi connectivity index (χ3n) is 3.57. The Morgan fingerprint density at radius 1 is 1.38 bits per heavy atom. The first kappa shape index (κ1) is 18.4. The lowest BCUT2D eigenvalue weighted by molar-refractivity contribution is -0.120. The number of ether oxygens (including phenoxy) is 2. The standard InChI is InChI=1S/C16H32N2O3/c1-14(19)17-12-15-13-18(8-11-21-15)7-10-20-9-5-6-16(2,3)4/h15H,5-13H2,1-4H3,(H,17,19)/t15-/m1/s1. The van der Waals surface area contributed by atoms with Crippen LogP contribution in [-0.4, -0.2) is 62.9 Å². The van der Waals surface area contributed by atoms with Crippen LogP contribution in [0, 0.1) is 5.41 Å². The van der Waals surface area contributed by atoms with Crippen molar-refractivity contribution in [1.29, 1.82) is 0 Å².